The van der Waals surface area contributed by atoms with E-state index in [-0.39, 0.29) is 0 Å². The summed E-state index contributed by atoms with van der Waals surface area (Å²) in [6, 6.07) is 0. The highest BCUT2D eigenvalue weighted by atomic mass is 16.1. The first-order valence-corrected chi connectivity index (χ1v) is 5.00. The van der Waals surface area contributed by atoms with E-state index in [0.29, 0.717) is 11.3 Å². The Balaban J connectivity index is 2.07. The average molecular weight is 168 g/mol. The van der Waals surface area contributed by atoms with Crippen LogP contribution in [0.5, 0.6) is 0 Å². The summed E-state index contributed by atoms with van der Waals surface area (Å²) in [5.41, 5.74) is 0.612. The molecule has 70 valence electrons. The van der Waals surface area contributed by atoms with Crippen LogP contribution in [0.4, 0.5) is 0 Å². The Morgan fingerprint density at radius 2 is 2.17 bits per heavy atom. The van der Waals surface area contributed by atoms with Gasteiger partial charge in [0.25, 0.3) is 0 Å². The van der Waals surface area contributed by atoms with E-state index in [2.05, 4.69) is 20.8 Å². The summed E-state index contributed by atoms with van der Waals surface area (Å²) in [7, 11) is 0. The SMILES string of the molecule is CC(CC=O)CCC1CC1(C)C. The number of carbonyl (C=O) groups is 1. The van der Waals surface area contributed by atoms with Crippen molar-refractivity contribution >= 4 is 6.29 Å². The lowest BCUT2D eigenvalue weighted by molar-refractivity contribution is -0.108. The van der Waals surface area contributed by atoms with Crippen LogP contribution in [0.2, 0.25) is 0 Å². The van der Waals surface area contributed by atoms with Crippen LogP contribution in [0.1, 0.15) is 46.5 Å². The van der Waals surface area contributed by atoms with E-state index >= 15 is 0 Å². The van der Waals surface area contributed by atoms with Crippen molar-refractivity contribution in [3.63, 3.8) is 0 Å². The van der Waals surface area contributed by atoms with Crippen molar-refractivity contribution in [1.29, 1.82) is 0 Å². The van der Waals surface area contributed by atoms with Crippen LogP contribution in [-0.4, -0.2) is 6.29 Å². The van der Waals surface area contributed by atoms with Gasteiger partial charge in [0.05, 0.1) is 0 Å². The maximum Gasteiger partial charge on any atom is 0.120 e. The second-order valence-electron chi connectivity index (χ2n) is 4.97. The van der Waals surface area contributed by atoms with Gasteiger partial charge >= 0.3 is 0 Å². The Labute approximate surface area is 75.5 Å². The fourth-order valence-electron chi connectivity index (χ4n) is 1.84. The molecule has 1 fully saturated rings. The van der Waals surface area contributed by atoms with E-state index in [9.17, 15) is 4.79 Å². The van der Waals surface area contributed by atoms with Crippen molar-refractivity contribution in [1.82, 2.24) is 0 Å². The predicted molar refractivity (Wildman–Crippen MR) is 51.0 cm³/mol. The molecule has 0 aromatic heterocycles. The zero-order valence-corrected chi connectivity index (χ0v) is 8.47. The predicted octanol–water partition coefficient (Wildman–Crippen LogP) is 3.04. The molecule has 1 heteroatoms. The van der Waals surface area contributed by atoms with E-state index in [0.717, 1.165) is 18.6 Å². The molecule has 1 rings (SSSR count). The monoisotopic (exact) mass is 168 g/mol. The molecule has 0 spiro atoms. The van der Waals surface area contributed by atoms with Gasteiger partial charge in [-0.15, -0.1) is 0 Å². The fourth-order valence-corrected chi connectivity index (χ4v) is 1.84. The largest absolute Gasteiger partial charge is 0.303 e. The minimum Gasteiger partial charge on any atom is -0.303 e. The summed E-state index contributed by atoms with van der Waals surface area (Å²) in [6.07, 6.45) is 5.73. The van der Waals surface area contributed by atoms with Crippen LogP contribution in [0.25, 0.3) is 0 Å². The number of hydrogen-bond donors (Lipinski definition) is 0. The van der Waals surface area contributed by atoms with Gasteiger partial charge < -0.3 is 4.79 Å². The molecule has 0 saturated heterocycles. The zero-order chi connectivity index (χ0) is 9.19. The van der Waals surface area contributed by atoms with Gasteiger partial charge in [0.1, 0.15) is 6.29 Å². The van der Waals surface area contributed by atoms with Gasteiger partial charge in [-0.25, -0.2) is 0 Å². The molecule has 0 aromatic rings. The highest BCUT2D eigenvalue weighted by Gasteiger charge is 2.44. The lowest BCUT2D eigenvalue weighted by Gasteiger charge is -2.07. The molecule has 0 N–H and O–H groups in total. The van der Waals surface area contributed by atoms with Gasteiger partial charge in [-0.3, -0.25) is 0 Å². The standard InChI is InChI=1S/C11H20O/c1-9(6-7-12)4-5-10-8-11(10,2)3/h7,9-10H,4-6,8H2,1-3H3. The normalized spacial score (nSPS) is 28.1. The summed E-state index contributed by atoms with van der Waals surface area (Å²) < 4.78 is 0. The van der Waals surface area contributed by atoms with Crippen LogP contribution >= 0.6 is 0 Å². The van der Waals surface area contributed by atoms with Crippen molar-refractivity contribution in [2.24, 2.45) is 17.3 Å². The van der Waals surface area contributed by atoms with Crippen LogP contribution in [0.3, 0.4) is 0 Å². The summed E-state index contributed by atoms with van der Waals surface area (Å²) in [4.78, 5) is 10.2. The average Bonchev–Trinajstić information content (AvgIpc) is 2.56. The molecule has 1 aliphatic carbocycles. The Hall–Kier alpha value is -0.330. The van der Waals surface area contributed by atoms with E-state index in [1.165, 1.54) is 19.3 Å². The van der Waals surface area contributed by atoms with E-state index in [4.69, 9.17) is 0 Å². The fraction of sp³-hybridized carbons (Fsp3) is 0.909. The van der Waals surface area contributed by atoms with Crippen molar-refractivity contribution < 1.29 is 4.79 Å². The lowest BCUT2D eigenvalue weighted by atomic mass is 9.98. The molecule has 1 saturated carbocycles. The maximum atomic E-state index is 10.2. The molecule has 0 amide bonds. The third-order valence-electron chi connectivity index (χ3n) is 3.22. The minimum absolute atomic E-state index is 0.596. The molecular formula is C11H20O. The van der Waals surface area contributed by atoms with Crippen molar-refractivity contribution in [3.05, 3.63) is 0 Å². The van der Waals surface area contributed by atoms with E-state index in [1.54, 1.807) is 0 Å². The molecule has 2 atom stereocenters. The van der Waals surface area contributed by atoms with E-state index in [1.807, 2.05) is 0 Å². The molecular weight excluding hydrogens is 148 g/mol. The zero-order valence-electron chi connectivity index (χ0n) is 8.47. The van der Waals surface area contributed by atoms with Crippen molar-refractivity contribution in [2.75, 3.05) is 0 Å². The topological polar surface area (TPSA) is 17.1 Å². The minimum atomic E-state index is 0.596. The Morgan fingerprint density at radius 3 is 2.58 bits per heavy atom. The molecule has 0 aromatic carbocycles. The summed E-state index contributed by atoms with van der Waals surface area (Å²) in [5.74, 6) is 1.53. The Kier molecular flexibility index (Phi) is 2.92. The highest BCUT2D eigenvalue weighted by Crippen LogP contribution is 2.54. The third-order valence-corrected chi connectivity index (χ3v) is 3.22. The summed E-state index contributed by atoms with van der Waals surface area (Å²) in [6.45, 7) is 6.84. The molecule has 2 unspecified atom stereocenters. The van der Waals surface area contributed by atoms with Crippen LogP contribution in [0.15, 0.2) is 0 Å². The van der Waals surface area contributed by atoms with Crippen LogP contribution < -0.4 is 0 Å². The van der Waals surface area contributed by atoms with Gasteiger partial charge in [-0.1, -0.05) is 27.2 Å². The summed E-state index contributed by atoms with van der Waals surface area (Å²) in [5, 5.41) is 0. The second kappa shape index (κ2) is 3.59. The van der Waals surface area contributed by atoms with Crippen molar-refractivity contribution in [2.45, 2.75) is 46.5 Å². The highest BCUT2D eigenvalue weighted by molar-refractivity contribution is 5.49. The third kappa shape index (κ3) is 2.62. The molecule has 0 bridgehead atoms. The smallest absolute Gasteiger partial charge is 0.120 e. The van der Waals surface area contributed by atoms with Crippen molar-refractivity contribution in [3.8, 4) is 0 Å². The first kappa shape index (κ1) is 9.76. The van der Waals surface area contributed by atoms with Crippen LogP contribution in [0, 0.1) is 17.3 Å². The molecule has 0 radical (unpaired) electrons. The Bertz CT molecular complexity index is 160. The Morgan fingerprint density at radius 1 is 1.58 bits per heavy atom. The number of aldehydes is 1. The van der Waals surface area contributed by atoms with Gasteiger partial charge in [-0.05, 0) is 30.1 Å². The molecule has 0 heterocycles. The van der Waals surface area contributed by atoms with Gasteiger partial charge in [0.2, 0.25) is 0 Å². The molecule has 0 aliphatic heterocycles. The maximum absolute atomic E-state index is 10.2. The second-order valence-corrected chi connectivity index (χ2v) is 4.97. The first-order chi connectivity index (χ1) is 5.56. The first-order valence-electron chi connectivity index (χ1n) is 5.00. The van der Waals surface area contributed by atoms with Gasteiger partial charge in [0, 0.05) is 6.42 Å². The molecule has 1 nitrogen and oxygen atoms in total. The number of rotatable bonds is 5. The van der Waals surface area contributed by atoms with E-state index < -0.39 is 0 Å². The quantitative estimate of drug-likeness (QED) is 0.577. The van der Waals surface area contributed by atoms with Gasteiger partial charge in [0.15, 0.2) is 0 Å². The lowest BCUT2D eigenvalue weighted by Crippen LogP contribution is -1.98. The number of carbonyl (C=O) groups excluding carboxylic acids is 1. The molecule has 1 aliphatic rings. The molecule has 12 heavy (non-hydrogen) atoms. The van der Waals surface area contributed by atoms with Crippen LogP contribution in [-0.2, 0) is 4.79 Å². The van der Waals surface area contributed by atoms with Gasteiger partial charge in [-0.2, -0.15) is 0 Å². The number of hydrogen-bond acceptors (Lipinski definition) is 1. The summed E-state index contributed by atoms with van der Waals surface area (Å²) >= 11 is 0.